The van der Waals surface area contributed by atoms with Crippen molar-refractivity contribution in [2.75, 3.05) is 13.1 Å². The Labute approximate surface area is 83.5 Å². The molecule has 1 aromatic rings. The molecule has 1 heterocycles. The summed E-state index contributed by atoms with van der Waals surface area (Å²) in [6.45, 7) is 1.06. The minimum atomic E-state index is 0.0153. The molecule has 14 heavy (non-hydrogen) atoms. The summed E-state index contributed by atoms with van der Waals surface area (Å²) >= 11 is 0. The van der Waals surface area contributed by atoms with Crippen LogP contribution in [-0.4, -0.2) is 24.0 Å². The molecule has 0 aliphatic heterocycles. The van der Waals surface area contributed by atoms with Crippen LogP contribution in [0.1, 0.15) is 12.0 Å². The maximum Gasteiger partial charge on any atom is 0.221 e. The second kappa shape index (κ2) is 6.10. The first kappa shape index (κ1) is 10.7. The summed E-state index contributed by atoms with van der Waals surface area (Å²) in [5.74, 6) is 0.0153. The zero-order chi connectivity index (χ0) is 10.2. The molecule has 0 aliphatic rings. The number of carbonyl (C=O) groups is 1. The summed E-state index contributed by atoms with van der Waals surface area (Å²) in [4.78, 5) is 14.9. The van der Waals surface area contributed by atoms with Crippen LogP contribution in [0, 0.1) is 0 Å². The molecule has 0 atom stereocenters. The molecule has 1 aromatic heterocycles. The highest BCUT2D eigenvalue weighted by Crippen LogP contribution is 1.95. The molecule has 0 saturated heterocycles. The lowest BCUT2D eigenvalue weighted by atomic mass is 10.2. The smallest absolute Gasteiger partial charge is 0.221 e. The van der Waals surface area contributed by atoms with Crippen molar-refractivity contribution >= 4 is 5.91 Å². The number of pyridine rings is 1. The minimum Gasteiger partial charge on any atom is -0.356 e. The predicted molar refractivity (Wildman–Crippen MR) is 54.6 cm³/mol. The number of aromatic nitrogens is 1. The molecule has 4 heteroatoms. The van der Waals surface area contributed by atoms with Crippen molar-refractivity contribution in [3.05, 3.63) is 30.1 Å². The van der Waals surface area contributed by atoms with E-state index in [1.165, 1.54) is 5.56 Å². The van der Waals surface area contributed by atoms with Crippen LogP contribution in [0.5, 0.6) is 0 Å². The first-order valence-corrected chi connectivity index (χ1v) is 4.68. The van der Waals surface area contributed by atoms with Gasteiger partial charge in [-0.05, 0) is 24.1 Å². The van der Waals surface area contributed by atoms with Gasteiger partial charge in [-0.2, -0.15) is 0 Å². The molecule has 1 rings (SSSR count). The fourth-order valence-corrected chi connectivity index (χ4v) is 1.12. The van der Waals surface area contributed by atoms with E-state index in [1.54, 1.807) is 12.4 Å². The highest BCUT2D eigenvalue weighted by molar-refractivity contribution is 5.75. The topological polar surface area (TPSA) is 68.0 Å². The average molecular weight is 193 g/mol. The van der Waals surface area contributed by atoms with Gasteiger partial charge in [0.2, 0.25) is 5.91 Å². The van der Waals surface area contributed by atoms with Gasteiger partial charge in [-0.25, -0.2) is 0 Å². The van der Waals surface area contributed by atoms with Crippen LogP contribution in [0.15, 0.2) is 24.5 Å². The van der Waals surface area contributed by atoms with E-state index in [2.05, 4.69) is 10.3 Å². The Hall–Kier alpha value is -1.42. The molecule has 0 unspecified atom stereocenters. The third-order valence-corrected chi connectivity index (χ3v) is 1.86. The summed E-state index contributed by atoms with van der Waals surface area (Å²) in [5, 5.41) is 2.79. The summed E-state index contributed by atoms with van der Waals surface area (Å²) in [6, 6.07) is 3.88. The van der Waals surface area contributed by atoms with Crippen molar-refractivity contribution < 1.29 is 4.79 Å². The van der Waals surface area contributed by atoms with E-state index in [1.807, 2.05) is 12.1 Å². The molecule has 0 saturated carbocycles. The fourth-order valence-electron chi connectivity index (χ4n) is 1.12. The molecule has 0 radical (unpaired) electrons. The van der Waals surface area contributed by atoms with Gasteiger partial charge in [0.1, 0.15) is 0 Å². The largest absolute Gasteiger partial charge is 0.356 e. The van der Waals surface area contributed by atoms with Gasteiger partial charge >= 0.3 is 0 Å². The van der Waals surface area contributed by atoms with Crippen LogP contribution in [0.4, 0.5) is 0 Å². The van der Waals surface area contributed by atoms with Crippen LogP contribution in [0.25, 0.3) is 0 Å². The van der Waals surface area contributed by atoms with Gasteiger partial charge in [0.25, 0.3) is 0 Å². The van der Waals surface area contributed by atoms with Crippen LogP contribution < -0.4 is 11.1 Å². The second-order valence-corrected chi connectivity index (χ2v) is 2.99. The first-order valence-electron chi connectivity index (χ1n) is 4.68. The summed E-state index contributed by atoms with van der Waals surface area (Å²) in [6.07, 6.45) is 4.73. The highest BCUT2D eigenvalue weighted by atomic mass is 16.1. The van der Waals surface area contributed by atoms with E-state index in [9.17, 15) is 4.79 Å². The van der Waals surface area contributed by atoms with Crippen molar-refractivity contribution in [2.24, 2.45) is 5.73 Å². The Kier molecular flexibility index (Phi) is 4.64. The van der Waals surface area contributed by atoms with Gasteiger partial charge in [0.05, 0.1) is 0 Å². The van der Waals surface area contributed by atoms with Crippen molar-refractivity contribution in [1.29, 1.82) is 0 Å². The van der Waals surface area contributed by atoms with Gasteiger partial charge in [-0.15, -0.1) is 0 Å². The number of hydrogen-bond acceptors (Lipinski definition) is 3. The number of nitrogens with two attached hydrogens (primary N) is 1. The van der Waals surface area contributed by atoms with Gasteiger partial charge in [0.15, 0.2) is 0 Å². The predicted octanol–water partition coefficient (Wildman–Crippen LogP) is 0.0891. The van der Waals surface area contributed by atoms with E-state index in [-0.39, 0.29) is 5.91 Å². The van der Waals surface area contributed by atoms with E-state index in [4.69, 9.17) is 5.73 Å². The Balaban J connectivity index is 2.19. The maximum absolute atomic E-state index is 11.0. The number of carbonyl (C=O) groups excluding carboxylic acids is 1. The molecule has 4 nitrogen and oxygen atoms in total. The third-order valence-electron chi connectivity index (χ3n) is 1.86. The SMILES string of the molecule is NCCC(=O)NCCc1ccncc1. The molecule has 3 N–H and O–H groups in total. The molecular weight excluding hydrogens is 178 g/mol. The molecule has 0 aromatic carbocycles. The fraction of sp³-hybridized carbons (Fsp3) is 0.400. The van der Waals surface area contributed by atoms with Crippen molar-refractivity contribution in [3.8, 4) is 0 Å². The lowest BCUT2D eigenvalue weighted by Gasteiger charge is -2.03. The maximum atomic E-state index is 11.0. The van der Waals surface area contributed by atoms with Crippen molar-refractivity contribution in [1.82, 2.24) is 10.3 Å². The lowest BCUT2D eigenvalue weighted by Crippen LogP contribution is -2.27. The van der Waals surface area contributed by atoms with Gasteiger partial charge in [-0.3, -0.25) is 9.78 Å². The number of nitrogens with zero attached hydrogens (tertiary/aromatic N) is 1. The molecule has 76 valence electrons. The number of hydrogen-bond donors (Lipinski definition) is 2. The highest BCUT2D eigenvalue weighted by Gasteiger charge is 1.98. The van der Waals surface area contributed by atoms with Crippen molar-refractivity contribution in [3.63, 3.8) is 0 Å². The monoisotopic (exact) mass is 193 g/mol. The zero-order valence-corrected chi connectivity index (χ0v) is 8.07. The van der Waals surface area contributed by atoms with Crippen LogP contribution in [-0.2, 0) is 11.2 Å². The molecule has 0 spiro atoms. The minimum absolute atomic E-state index is 0.0153. The standard InChI is InChI=1S/C10H15N3O/c11-5-1-10(14)13-8-4-9-2-6-12-7-3-9/h2-3,6-7H,1,4-5,8,11H2,(H,13,14). The van der Waals surface area contributed by atoms with E-state index < -0.39 is 0 Å². The van der Waals surface area contributed by atoms with Crippen LogP contribution in [0.2, 0.25) is 0 Å². The first-order chi connectivity index (χ1) is 6.83. The molecular formula is C10H15N3O. The Morgan fingerprint density at radius 2 is 2.14 bits per heavy atom. The van der Waals surface area contributed by atoms with Crippen LogP contribution >= 0.6 is 0 Å². The quantitative estimate of drug-likeness (QED) is 0.696. The number of amides is 1. The van der Waals surface area contributed by atoms with E-state index >= 15 is 0 Å². The van der Waals surface area contributed by atoms with Gasteiger partial charge < -0.3 is 11.1 Å². The van der Waals surface area contributed by atoms with E-state index in [0.717, 1.165) is 6.42 Å². The lowest BCUT2D eigenvalue weighted by molar-refractivity contribution is -0.120. The molecule has 0 aliphatic carbocycles. The second-order valence-electron chi connectivity index (χ2n) is 2.99. The molecule has 0 fully saturated rings. The van der Waals surface area contributed by atoms with E-state index in [0.29, 0.717) is 19.5 Å². The summed E-state index contributed by atoms with van der Waals surface area (Å²) in [5.41, 5.74) is 6.42. The Morgan fingerprint density at radius 3 is 2.79 bits per heavy atom. The normalized spacial score (nSPS) is 9.79. The Bertz CT molecular complexity index is 274. The Morgan fingerprint density at radius 1 is 1.43 bits per heavy atom. The average Bonchev–Trinajstić information content (AvgIpc) is 2.20. The number of nitrogens with one attached hydrogen (secondary N) is 1. The number of rotatable bonds is 5. The third kappa shape index (κ3) is 4.00. The van der Waals surface area contributed by atoms with Gasteiger partial charge in [-0.1, -0.05) is 0 Å². The summed E-state index contributed by atoms with van der Waals surface area (Å²) in [7, 11) is 0. The van der Waals surface area contributed by atoms with Gasteiger partial charge in [0, 0.05) is 31.9 Å². The zero-order valence-electron chi connectivity index (χ0n) is 8.07. The van der Waals surface area contributed by atoms with Crippen LogP contribution in [0.3, 0.4) is 0 Å². The molecule has 1 amide bonds. The summed E-state index contributed by atoms with van der Waals surface area (Å²) < 4.78 is 0. The molecule has 0 bridgehead atoms. The van der Waals surface area contributed by atoms with Crippen molar-refractivity contribution in [2.45, 2.75) is 12.8 Å².